The van der Waals surface area contributed by atoms with Crippen molar-refractivity contribution in [3.63, 3.8) is 0 Å². The zero-order valence-electron chi connectivity index (χ0n) is 12.1. The summed E-state index contributed by atoms with van der Waals surface area (Å²) in [4.78, 5) is 22.8. The molecule has 116 valence electrons. The zero-order chi connectivity index (χ0) is 16.4. The van der Waals surface area contributed by atoms with E-state index in [4.69, 9.17) is 0 Å². The fourth-order valence-corrected chi connectivity index (χ4v) is 3.07. The smallest absolute Gasteiger partial charge is 0.271 e. The number of para-hydroxylation sites is 1. The molecule has 0 aliphatic rings. The number of nitrogens with zero attached hydrogens (tertiary/aromatic N) is 3. The molecule has 2 aromatic carbocycles. The van der Waals surface area contributed by atoms with Crippen LogP contribution in [0.4, 0.5) is 5.69 Å². The topological polar surface area (TPSA) is 89.5 Å². The first kappa shape index (κ1) is 14.9. The Labute approximate surface area is 134 Å². The van der Waals surface area contributed by atoms with Crippen molar-refractivity contribution >= 4 is 33.1 Å². The molecule has 0 radical (unpaired) electrons. The third-order valence-corrected chi connectivity index (χ3v) is 4.42. The third-order valence-electron chi connectivity index (χ3n) is 3.31. The fraction of sp³-hybridized carbons (Fsp3) is 0.0667. The lowest BCUT2D eigenvalue weighted by Crippen LogP contribution is -2.23. The number of nitro benzene ring substituents is 1. The maximum Gasteiger partial charge on any atom is 0.271 e. The van der Waals surface area contributed by atoms with Crippen molar-refractivity contribution in [1.82, 2.24) is 9.99 Å². The molecule has 0 aliphatic heterocycles. The van der Waals surface area contributed by atoms with Gasteiger partial charge in [0, 0.05) is 24.7 Å². The molecule has 0 spiro atoms. The standard InChI is InChI=1S/C15H12N4O3S/c1-18-12-4-2-3-5-13(12)23-15(18)17-16-14(20)10-6-8-11(9-7-10)19(21)22/h2-9H,1H3,(H,16,20)/b17-15-. The van der Waals surface area contributed by atoms with Crippen LogP contribution in [0.15, 0.2) is 53.6 Å². The van der Waals surface area contributed by atoms with Crippen LogP contribution in [0.2, 0.25) is 0 Å². The van der Waals surface area contributed by atoms with Gasteiger partial charge in [0.1, 0.15) is 0 Å². The fourth-order valence-electron chi connectivity index (χ4n) is 2.09. The van der Waals surface area contributed by atoms with Crippen molar-refractivity contribution in [3.8, 4) is 0 Å². The third kappa shape index (κ3) is 2.97. The Morgan fingerprint density at radius 3 is 2.57 bits per heavy atom. The predicted molar refractivity (Wildman–Crippen MR) is 86.9 cm³/mol. The molecule has 0 saturated heterocycles. The summed E-state index contributed by atoms with van der Waals surface area (Å²) in [7, 11) is 1.87. The first-order chi connectivity index (χ1) is 11.1. The molecule has 3 rings (SSSR count). The normalized spacial score (nSPS) is 11.6. The number of carbonyl (C=O) groups excluding carboxylic acids is 1. The number of nitrogens with one attached hydrogen (secondary N) is 1. The zero-order valence-corrected chi connectivity index (χ0v) is 12.9. The van der Waals surface area contributed by atoms with E-state index in [0.717, 1.165) is 10.2 Å². The Balaban J connectivity index is 1.84. The second-order valence-corrected chi connectivity index (χ2v) is 5.78. The number of non-ortho nitro benzene ring substituents is 1. The molecular weight excluding hydrogens is 316 g/mol. The highest BCUT2D eigenvalue weighted by Crippen LogP contribution is 2.15. The number of carbonyl (C=O) groups is 1. The summed E-state index contributed by atoms with van der Waals surface area (Å²) in [5.41, 5.74) is 3.75. The predicted octanol–water partition coefficient (Wildman–Crippen LogP) is 2.39. The molecule has 1 N–H and O–H groups in total. The first-order valence-corrected chi connectivity index (χ1v) is 7.51. The van der Waals surface area contributed by atoms with Crippen molar-refractivity contribution in [2.24, 2.45) is 12.1 Å². The molecule has 1 heterocycles. The van der Waals surface area contributed by atoms with Gasteiger partial charge in [-0.2, -0.15) is 0 Å². The summed E-state index contributed by atoms with van der Waals surface area (Å²) < 4.78 is 2.95. The second-order valence-electron chi connectivity index (χ2n) is 4.77. The molecule has 3 aromatic rings. The summed E-state index contributed by atoms with van der Waals surface area (Å²) in [6.07, 6.45) is 0. The van der Waals surface area contributed by atoms with Gasteiger partial charge in [-0.05, 0) is 24.3 Å². The number of fused-ring (bicyclic) bond motifs is 1. The monoisotopic (exact) mass is 328 g/mol. The lowest BCUT2D eigenvalue weighted by atomic mass is 10.2. The van der Waals surface area contributed by atoms with Crippen LogP contribution in [0.25, 0.3) is 10.2 Å². The summed E-state index contributed by atoms with van der Waals surface area (Å²) in [6.45, 7) is 0. The van der Waals surface area contributed by atoms with Crippen molar-refractivity contribution in [2.45, 2.75) is 0 Å². The molecule has 1 amide bonds. The van der Waals surface area contributed by atoms with Crippen molar-refractivity contribution in [2.75, 3.05) is 0 Å². The number of aryl methyl sites for hydroxylation is 1. The number of benzene rings is 2. The highest BCUT2D eigenvalue weighted by atomic mass is 32.1. The van der Waals surface area contributed by atoms with Gasteiger partial charge in [-0.25, -0.2) is 5.43 Å². The number of rotatable bonds is 3. The Kier molecular flexibility index (Phi) is 3.90. The molecule has 7 nitrogen and oxygen atoms in total. The molecule has 0 bridgehead atoms. The van der Waals surface area contributed by atoms with Crippen LogP contribution < -0.4 is 10.2 Å². The average molecular weight is 328 g/mol. The Bertz CT molecular complexity index is 957. The van der Waals surface area contributed by atoms with Gasteiger partial charge in [-0.15, -0.1) is 5.10 Å². The van der Waals surface area contributed by atoms with Gasteiger partial charge < -0.3 is 4.57 Å². The molecule has 1 aromatic heterocycles. The Morgan fingerprint density at radius 1 is 1.22 bits per heavy atom. The second kappa shape index (κ2) is 6.01. The van der Waals surface area contributed by atoms with Crippen LogP contribution in [0.3, 0.4) is 0 Å². The average Bonchev–Trinajstić information content (AvgIpc) is 2.89. The summed E-state index contributed by atoms with van der Waals surface area (Å²) in [6, 6.07) is 13.2. The van der Waals surface area contributed by atoms with Gasteiger partial charge in [-0.3, -0.25) is 14.9 Å². The molecule has 0 fully saturated rings. The van der Waals surface area contributed by atoms with Crippen LogP contribution in [0, 0.1) is 10.1 Å². The van der Waals surface area contributed by atoms with E-state index in [0.29, 0.717) is 10.4 Å². The largest absolute Gasteiger partial charge is 0.318 e. The lowest BCUT2D eigenvalue weighted by Gasteiger charge is -1.99. The van der Waals surface area contributed by atoms with E-state index in [1.165, 1.54) is 35.6 Å². The Hall–Kier alpha value is -3.00. The quantitative estimate of drug-likeness (QED) is 0.591. The molecule has 23 heavy (non-hydrogen) atoms. The first-order valence-electron chi connectivity index (χ1n) is 6.69. The van der Waals surface area contributed by atoms with Gasteiger partial charge >= 0.3 is 0 Å². The minimum Gasteiger partial charge on any atom is -0.318 e. The molecule has 8 heteroatoms. The summed E-state index contributed by atoms with van der Waals surface area (Å²) in [5.74, 6) is -0.419. The highest BCUT2D eigenvalue weighted by Gasteiger charge is 2.09. The summed E-state index contributed by atoms with van der Waals surface area (Å²) >= 11 is 1.46. The van der Waals surface area contributed by atoms with Crippen LogP contribution >= 0.6 is 11.3 Å². The van der Waals surface area contributed by atoms with Gasteiger partial charge in [-0.1, -0.05) is 23.5 Å². The minimum absolute atomic E-state index is 0.0607. The van der Waals surface area contributed by atoms with E-state index >= 15 is 0 Å². The summed E-state index contributed by atoms with van der Waals surface area (Å²) in [5, 5.41) is 14.7. The van der Waals surface area contributed by atoms with E-state index in [1.54, 1.807) is 0 Å². The maximum absolute atomic E-state index is 12.0. The number of hydrogen-bond acceptors (Lipinski definition) is 5. The number of aromatic nitrogens is 1. The van der Waals surface area contributed by atoms with Gasteiger partial charge in [0.05, 0.1) is 15.1 Å². The lowest BCUT2D eigenvalue weighted by molar-refractivity contribution is -0.384. The van der Waals surface area contributed by atoms with Crippen molar-refractivity contribution < 1.29 is 9.72 Å². The van der Waals surface area contributed by atoms with E-state index < -0.39 is 10.8 Å². The van der Waals surface area contributed by atoms with Gasteiger partial charge in [0.25, 0.3) is 11.6 Å². The molecule has 0 saturated carbocycles. The van der Waals surface area contributed by atoms with Crippen LogP contribution in [-0.2, 0) is 7.05 Å². The number of thiazole rings is 1. The number of hydrogen-bond donors (Lipinski definition) is 1. The number of amides is 1. The van der Waals surface area contributed by atoms with E-state index in [-0.39, 0.29) is 5.69 Å². The van der Waals surface area contributed by atoms with Crippen LogP contribution in [0.1, 0.15) is 10.4 Å². The minimum atomic E-state index is -0.511. The molecular formula is C15H12N4O3S. The van der Waals surface area contributed by atoms with E-state index in [2.05, 4.69) is 10.5 Å². The highest BCUT2D eigenvalue weighted by molar-refractivity contribution is 7.16. The molecule has 0 aliphatic carbocycles. The van der Waals surface area contributed by atoms with Crippen molar-refractivity contribution in [3.05, 3.63) is 69.0 Å². The maximum atomic E-state index is 12.0. The Morgan fingerprint density at radius 2 is 1.91 bits per heavy atom. The van der Waals surface area contributed by atoms with Crippen LogP contribution in [-0.4, -0.2) is 15.4 Å². The van der Waals surface area contributed by atoms with E-state index in [9.17, 15) is 14.9 Å². The van der Waals surface area contributed by atoms with Gasteiger partial charge in [0.15, 0.2) is 0 Å². The number of nitro groups is 1. The van der Waals surface area contributed by atoms with E-state index in [1.807, 2.05) is 35.9 Å². The SMILES string of the molecule is Cn1/c(=N/NC(=O)c2ccc([N+](=O)[O-])cc2)sc2ccccc21. The van der Waals surface area contributed by atoms with Crippen LogP contribution in [0.5, 0.6) is 0 Å². The van der Waals surface area contributed by atoms with Crippen molar-refractivity contribution in [1.29, 1.82) is 0 Å². The molecule has 0 atom stereocenters. The molecule has 0 unspecified atom stereocenters. The van der Waals surface area contributed by atoms with Gasteiger partial charge in [0.2, 0.25) is 4.80 Å².